The van der Waals surface area contributed by atoms with Crippen LogP contribution in [0, 0.1) is 0 Å². The number of aliphatic hydroxyl groups is 14. The number of nitrogens with two attached hydrogens (primary N) is 8. The summed E-state index contributed by atoms with van der Waals surface area (Å²) < 4.78 is 49.0. The molecule has 0 bridgehead atoms. The maximum absolute atomic E-state index is 12.5. The number of aliphatic imine (C=N–C) groups is 4. The summed E-state index contributed by atoms with van der Waals surface area (Å²) in [7, 11) is 2.86. The molecule has 4 saturated heterocycles. The second-order valence-corrected chi connectivity index (χ2v) is 23.9. The molecule has 532 valence electrons. The van der Waals surface area contributed by atoms with E-state index in [1.165, 1.54) is 27.9 Å². The third-order valence-electron chi connectivity index (χ3n) is 17.5. The highest BCUT2D eigenvalue weighted by molar-refractivity contribution is 5.78. The maximum Gasteiger partial charge on any atom is 0.188 e. The monoisotopic (exact) mass is 1350 g/mol. The highest BCUT2D eigenvalue weighted by atomic mass is 16.8. The molecule has 95 heavy (non-hydrogen) atoms. The van der Waals surface area contributed by atoms with Gasteiger partial charge in [0.1, 0.15) is 122 Å². The van der Waals surface area contributed by atoms with E-state index < -0.39 is 220 Å². The van der Waals surface area contributed by atoms with Crippen molar-refractivity contribution in [2.45, 2.75) is 203 Å². The molecule has 4 aliphatic heterocycles. The molecule has 30 atom stereocenters. The van der Waals surface area contributed by atoms with Gasteiger partial charge in [-0.2, -0.15) is 10.2 Å². The van der Waals surface area contributed by atoms with E-state index >= 15 is 0 Å². The molecule has 40 nitrogen and oxygen atoms in total. The summed E-state index contributed by atoms with van der Waals surface area (Å²) in [6.45, 7) is 1.35. The first-order chi connectivity index (χ1) is 44.9. The molecule has 0 aromatic heterocycles. The molecule has 40 heteroatoms. The van der Waals surface area contributed by atoms with Gasteiger partial charge in [0.15, 0.2) is 60.2 Å². The first kappa shape index (κ1) is 74.3. The van der Waals surface area contributed by atoms with Crippen molar-refractivity contribution in [1.82, 2.24) is 10.6 Å². The van der Waals surface area contributed by atoms with Crippen molar-refractivity contribution in [1.29, 1.82) is 0 Å². The van der Waals surface area contributed by atoms with Gasteiger partial charge in [-0.05, 0) is 69.8 Å². The lowest BCUT2D eigenvalue weighted by atomic mass is 9.81. The van der Waals surface area contributed by atoms with Gasteiger partial charge in [0.25, 0.3) is 0 Å². The first-order valence-corrected chi connectivity index (χ1v) is 30.1. The van der Waals surface area contributed by atoms with Crippen molar-refractivity contribution < 1.29 is 109 Å². The van der Waals surface area contributed by atoms with Gasteiger partial charge in [0.2, 0.25) is 0 Å². The van der Waals surface area contributed by atoms with E-state index in [1.807, 2.05) is 0 Å². The Kier molecular flexibility index (Phi) is 24.5. The number of guanidine groups is 4. The Morgan fingerprint density at radius 2 is 0.768 bits per heavy atom. The zero-order chi connectivity index (χ0) is 69.7. The van der Waals surface area contributed by atoms with Crippen LogP contribution in [0.5, 0.6) is 0 Å². The second kappa shape index (κ2) is 31.4. The average Bonchev–Trinajstić information content (AvgIpc) is 1.67. The van der Waals surface area contributed by atoms with E-state index in [2.05, 4.69) is 51.7 Å². The topological polar surface area (TPSA) is 688 Å². The summed E-state index contributed by atoms with van der Waals surface area (Å²) in [4.78, 5) is 15.7. The molecular formula is C55H90N18O22. The van der Waals surface area contributed by atoms with Crippen LogP contribution >= 0.6 is 0 Å². The van der Waals surface area contributed by atoms with Gasteiger partial charge < -0.3 is 166 Å². The maximum atomic E-state index is 12.5. The van der Waals surface area contributed by atoms with Crippen molar-refractivity contribution in [2.24, 2.45) is 76.0 Å². The van der Waals surface area contributed by atoms with E-state index in [4.69, 9.17) is 83.8 Å². The second-order valence-electron chi connectivity index (χ2n) is 23.9. The molecule has 6 aliphatic rings. The van der Waals surface area contributed by atoms with Crippen molar-refractivity contribution >= 4 is 47.6 Å². The Morgan fingerprint density at radius 3 is 1.07 bits per heavy atom. The van der Waals surface area contributed by atoms with Gasteiger partial charge in [-0.15, -0.1) is 0 Å². The number of hydrazone groups is 2. The van der Waals surface area contributed by atoms with Crippen molar-refractivity contribution in [3.8, 4) is 0 Å². The summed E-state index contributed by atoms with van der Waals surface area (Å²) in [6, 6.07) is 5.38. The number of nitrogens with one attached hydrogen (secondary N) is 4. The van der Waals surface area contributed by atoms with Crippen LogP contribution in [0.4, 0.5) is 11.4 Å². The smallest absolute Gasteiger partial charge is 0.188 e. The zero-order valence-electron chi connectivity index (χ0n) is 51.9. The highest BCUT2D eigenvalue weighted by Gasteiger charge is 2.63. The van der Waals surface area contributed by atoms with E-state index in [0.717, 1.165) is 23.6 Å². The zero-order valence-corrected chi connectivity index (χ0v) is 51.9. The Balaban J connectivity index is 0.969. The molecule has 0 spiro atoms. The SMILES string of the molecule is CNC1C(OC2C(OC3C(O)C(O)C(N=C(N)N)C(O)C3N=C(N)N)OC(C)C2(O)C=NNc2ccc(Cc3ccc(NN=CC4(O)C(C)OC(OC5C(O)C(O)C(N=C(N)N)C(O)C5N=C(N)N)C4OC4OC(CO)C(O)C(O)C4NC)cc3)cc2)OC(CO)C(O)C1O. The van der Waals surface area contributed by atoms with E-state index in [-0.39, 0.29) is 0 Å². The van der Waals surface area contributed by atoms with Crippen LogP contribution in [0.25, 0.3) is 0 Å². The van der Waals surface area contributed by atoms with Gasteiger partial charge in [-0.3, -0.25) is 10.9 Å². The number of likely N-dealkylation sites (N-methyl/N-ethyl adjacent to an activating group) is 2. The lowest BCUT2D eigenvalue weighted by Crippen LogP contribution is -2.66. The molecule has 0 radical (unpaired) electrons. The Hall–Kier alpha value is -6.50. The number of anilines is 2. The lowest BCUT2D eigenvalue weighted by Gasteiger charge is -2.45. The minimum absolute atomic E-state index is 0.419. The summed E-state index contributed by atoms with van der Waals surface area (Å²) in [6.07, 6.45) is -33.7. The highest BCUT2D eigenvalue weighted by Crippen LogP contribution is 2.41. The lowest BCUT2D eigenvalue weighted by molar-refractivity contribution is -0.313. The van der Waals surface area contributed by atoms with Gasteiger partial charge >= 0.3 is 0 Å². The van der Waals surface area contributed by atoms with Gasteiger partial charge in [0.05, 0.1) is 61.3 Å². The first-order valence-electron chi connectivity index (χ1n) is 30.1. The molecule has 2 aromatic carbocycles. The molecule has 0 amide bonds. The number of rotatable bonds is 24. The van der Waals surface area contributed by atoms with Crippen LogP contribution in [0.1, 0.15) is 25.0 Å². The Morgan fingerprint density at radius 1 is 0.442 bits per heavy atom. The third kappa shape index (κ3) is 16.1. The van der Waals surface area contributed by atoms with E-state index in [1.54, 1.807) is 48.5 Å². The summed E-state index contributed by atoms with van der Waals surface area (Å²) >= 11 is 0. The number of aliphatic hydroxyl groups excluding tert-OH is 12. The fraction of sp³-hybridized carbons (Fsp3) is 0.673. The van der Waals surface area contributed by atoms with Crippen LogP contribution in [0.2, 0.25) is 0 Å². The van der Waals surface area contributed by atoms with E-state index in [9.17, 15) is 71.5 Å². The molecule has 30 unspecified atom stereocenters. The summed E-state index contributed by atoms with van der Waals surface area (Å²) in [5.41, 5.74) is 48.7. The largest absolute Gasteiger partial charge is 0.394 e. The summed E-state index contributed by atoms with van der Waals surface area (Å²) in [5, 5.41) is 171. The fourth-order valence-electron chi connectivity index (χ4n) is 12.2. The molecule has 4 heterocycles. The predicted molar refractivity (Wildman–Crippen MR) is 334 cm³/mol. The van der Waals surface area contributed by atoms with Crippen molar-refractivity contribution in [3.63, 3.8) is 0 Å². The summed E-state index contributed by atoms with van der Waals surface area (Å²) in [5.74, 6) is -2.21. The standard InChI is InChI=1S/C55H90N18O22/c1-18-54(86,44(94-46-30(64-3)38(82)32(76)24(14-74)90-46)48(88-18)92-42-28(70-52(60)61)34(78)26(68-50(56)57)36(80)40(42)84)16-66-72-22-9-5-20(6-10-22)13-21-7-11-23(12-8-21)73-67-17-55(87)19(2)89-49(45(55)95-47-31(65-4)39(83)33(77)25(15-75)91-47)93-43-29(71-53(62)63)35(79)27(69-51(58)59)37(81)41(43)85/h5-12,16-19,24-49,64-65,72-87H,13-15H2,1-4H3,(H4,56,57,68)(H4,58,59,69)(H4,60,61,70)(H4,62,63,71). The quantitative estimate of drug-likeness (QED) is 0.0264. The van der Waals surface area contributed by atoms with Gasteiger partial charge in [-0.25, -0.2) is 20.0 Å². The van der Waals surface area contributed by atoms with Crippen molar-refractivity contribution in [2.75, 3.05) is 38.2 Å². The number of ether oxygens (including phenoxy) is 8. The minimum Gasteiger partial charge on any atom is -0.394 e. The molecule has 2 aliphatic carbocycles. The molecule has 6 fully saturated rings. The van der Waals surface area contributed by atoms with Crippen LogP contribution in [-0.4, -0.2) is 318 Å². The Bertz CT molecular complexity index is 2820. The number of hydrogen-bond donors (Lipinski definition) is 26. The number of benzene rings is 2. The number of hydrogen-bond acceptors (Lipinski definition) is 32. The normalized spacial score (nSPS) is 42.1. The molecule has 34 N–H and O–H groups in total. The van der Waals surface area contributed by atoms with E-state index in [0.29, 0.717) is 17.8 Å². The third-order valence-corrected chi connectivity index (χ3v) is 17.5. The van der Waals surface area contributed by atoms with Crippen LogP contribution in [-0.2, 0) is 44.3 Å². The fourth-order valence-corrected chi connectivity index (χ4v) is 12.2. The van der Waals surface area contributed by atoms with Crippen LogP contribution in [0.3, 0.4) is 0 Å². The van der Waals surface area contributed by atoms with Crippen LogP contribution < -0.4 is 67.4 Å². The molecule has 2 saturated carbocycles. The molecular weight excluding hydrogens is 1260 g/mol. The average molecular weight is 1360 g/mol. The number of nitrogens with zero attached hydrogens (tertiary/aromatic N) is 6. The Labute approximate surface area is 542 Å². The predicted octanol–water partition coefficient (Wildman–Crippen LogP) is -12.6. The minimum atomic E-state index is -2.28. The molecule has 8 rings (SSSR count). The van der Waals surface area contributed by atoms with Crippen LogP contribution in [0.15, 0.2) is 78.7 Å². The van der Waals surface area contributed by atoms with Gasteiger partial charge in [-0.1, -0.05) is 24.3 Å². The van der Waals surface area contributed by atoms with Crippen molar-refractivity contribution in [3.05, 3.63) is 59.7 Å². The molecule has 2 aromatic rings. The van der Waals surface area contributed by atoms with Gasteiger partial charge in [0, 0.05) is 0 Å².